The second-order valence-corrected chi connectivity index (χ2v) is 4.12. The summed E-state index contributed by atoms with van der Waals surface area (Å²) >= 11 is 0. The number of carbonyl (C=O) groups excluding carboxylic acids is 1. The number of ether oxygens (including phenoxy) is 3. The highest BCUT2D eigenvalue weighted by atomic mass is 16.5. The normalized spacial score (nSPS) is 15.4. The average Bonchev–Trinajstić information content (AvgIpc) is 2.45. The van der Waals surface area contributed by atoms with Gasteiger partial charge in [0.25, 0.3) is 0 Å². The minimum atomic E-state index is -0.384. The summed E-state index contributed by atoms with van der Waals surface area (Å²) in [6, 6.07) is 3.81. The maximum Gasteiger partial charge on any atom is 0.332 e. The van der Waals surface area contributed by atoms with Crippen molar-refractivity contribution >= 4 is 11.7 Å². The van der Waals surface area contributed by atoms with Crippen molar-refractivity contribution in [2.24, 2.45) is 0 Å². The van der Waals surface area contributed by atoms with Crippen molar-refractivity contribution < 1.29 is 19.0 Å². The van der Waals surface area contributed by atoms with Crippen molar-refractivity contribution in [1.29, 1.82) is 0 Å². The zero-order valence-corrected chi connectivity index (χ0v) is 11.3. The molecule has 0 aromatic heterocycles. The number of benzene rings is 1. The number of carbonyl (C=O) groups is 1. The van der Waals surface area contributed by atoms with Crippen molar-refractivity contribution in [3.63, 3.8) is 0 Å². The molecule has 1 aliphatic heterocycles. The van der Waals surface area contributed by atoms with Crippen LogP contribution in [0.15, 0.2) is 18.2 Å². The molecule has 5 nitrogen and oxygen atoms in total. The molecule has 0 saturated carbocycles. The van der Waals surface area contributed by atoms with Gasteiger partial charge in [0.05, 0.1) is 21.3 Å². The number of nitrogens with one attached hydrogen (secondary N) is 1. The first-order valence-electron chi connectivity index (χ1n) is 5.98. The Morgan fingerprint density at radius 1 is 1.21 bits per heavy atom. The molecule has 5 heteroatoms. The summed E-state index contributed by atoms with van der Waals surface area (Å²) in [6.45, 7) is 0.769. The quantitative estimate of drug-likeness (QED) is 0.659. The van der Waals surface area contributed by atoms with Crippen LogP contribution in [0.5, 0.6) is 11.5 Å². The van der Waals surface area contributed by atoms with Gasteiger partial charge < -0.3 is 19.5 Å². The Labute approximate surface area is 112 Å². The van der Waals surface area contributed by atoms with Gasteiger partial charge in [0.2, 0.25) is 0 Å². The first-order valence-corrected chi connectivity index (χ1v) is 5.98. The van der Waals surface area contributed by atoms with E-state index in [4.69, 9.17) is 9.47 Å². The second-order valence-electron chi connectivity index (χ2n) is 4.12. The number of esters is 1. The van der Waals surface area contributed by atoms with E-state index in [1.54, 1.807) is 14.2 Å². The Hall–Kier alpha value is -2.17. The molecule has 0 bridgehead atoms. The van der Waals surface area contributed by atoms with E-state index in [1.807, 2.05) is 12.1 Å². The fourth-order valence-corrected chi connectivity index (χ4v) is 2.11. The zero-order valence-electron chi connectivity index (χ0n) is 11.3. The van der Waals surface area contributed by atoms with Crippen LogP contribution in [0.1, 0.15) is 11.1 Å². The molecule has 102 valence electrons. The molecule has 0 spiro atoms. The third kappa shape index (κ3) is 2.65. The Kier molecular flexibility index (Phi) is 3.94. The van der Waals surface area contributed by atoms with Gasteiger partial charge in [0.1, 0.15) is 0 Å². The molecule has 0 amide bonds. The standard InChI is InChI=1S/C14H17NO4/c1-17-12-6-9-4-5-15-11(8-14(16)19-3)10(9)7-13(12)18-2/h6-8,15H,4-5H2,1-3H3/b11-8+. The lowest BCUT2D eigenvalue weighted by atomic mass is 9.97. The number of fused-ring (bicyclic) bond motifs is 1. The van der Waals surface area contributed by atoms with E-state index >= 15 is 0 Å². The van der Waals surface area contributed by atoms with Crippen LogP contribution in [0.2, 0.25) is 0 Å². The maximum atomic E-state index is 11.4. The van der Waals surface area contributed by atoms with Crippen LogP contribution >= 0.6 is 0 Å². The summed E-state index contributed by atoms with van der Waals surface area (Å²) in [7, 11) is 4.55. The second kappa shape index (κ2) is 5.65. The van der Waals surface area contributed by atoms with Crippen LogP contribution in [0.25, 0.3) is 5.70 Å². The van der Waals surface area contributed by atoms with E-state index in [9.17, 15) is 4.79 Å². The largest absolute Gasteiger partial charge is 0.493 e. The third-order valence-electron chi connectivity index (χ3n) is 3.07. The Bertz CT molecular complexity index is 522. The highest BCUT2D eigenvalue weighted by Crippen LogP contribution is 2.34. The zero-order chi connectivity index (χ0) is 13.8. The van der Waals surface area contributed by atoms with E-state index in [0.29, 0.717) is 11.5 Å². The highest BCUT2D eigenvalue weighted by molar-refractivity contribution is 5.92. The van der Waals surface area contributed by atoms with Crippen LogP contribution in [0.4, 0.5) is 0 Å². The van der Waals surface area contributed by atoms with Gasteiger partial charge >= 0.3 is 5.97 Å². The first kappa shape index (κ1) is 13.3. The molecule has 1 aromatic rings. The Morgan fingerprint density at radius 2 is 1.89 bits per heavy atom. The van der Waals surface area contributed by atoms with Crippen LogP contribution < -0.4 is 14.8 Å². The van der Waals surface area contributed by atoms with E-state index in [2.05, 4.69) is 10.1 Å². The molecule has 19 heavy (non-hydrogen) atoms. The SMILES string of the molecule is COC(=O)/C=C1/NCCc2cc(OC)c(OC)cc21. The molecule has 0 fully saturated rings. The van der Waals surface area contributed by atoms with Crippen LogP contribution in [0.3, 0.4) is 0 Å². The summed E-state index contributed by atoms with van der Waals surface area (Å²) in [5.74, 6) is 0.950. The molecule has 1 aromatic carbocycles. The van der Waals surface area contributed by atoms with Crippen molar-refractivity contribution in [2.45, 2.75) is 6.42 Å². The lowest BCUT2D eigenvalue weighted by Crippen LogP contribution is -2.23. The van der Waals surface area contributed by atoms with E-state index in [-0.39, 0.29) is 5.97 Å². The summed E-state index contributed by atoms with van der Waals surface area (Å²) in [5.41, 5.74) is 2.80. The number of rotatable bonds is 3. The summed E-state index contributed by atoms with van der Waals surface area (Å²) in [6.07, 6.45) is 2.32. The smallest absolute Gasteiger partial charge is 0.332 e. The summed E-state index contributed by atoms with van der Waals surface area (Å²) in [4.78, 5) is 11.4. The van der Waals surface area contributed by atoms with Crippen LogP contribution in [-0.4, -0.2) is 33.8 Å². The minimum absolute atomic E-state index is 0.384. The minimum Gasteiger partial charge on any atom is -0.493 e. The van der Waals surface area contributed by atoms with E-state index < -0.39 is 0 Å². The lowest BCUT2D eigenvalue weighted by Gasteiger charge is -2.22. The van der Waals surface area contributed by atoms with Gasteiger partial charge in [0, 0.05) is 23.9 Å². The molecule has 1 aliphatic rings. The fraction of sp³-hybridized carbons (Fsp3) is 0.357. The molecule has 1 heterocycles. The molecule has 2 rings (SSSR count). The van der Waals surface area contributed by atoms with Gasteiger partial charge in [-0.05, 0) is 24.1 Å². The number of methoxy groups -OCH3 is 3. The molecular weight excluding hydrogens is 246 g/mol. The third-order valence-corrected chi connectivity index (χ3v) is 3.07. The maximum absolute atomic E-state index is 11.4. The first-order chi connectivity index (χ1) is 9.19. The van der Waals surface area contributed by atoms with Crippen molar-refractivity contribution in [2.75, 3.05) is 27.9 Å². The average molecular weight is 263 g/mol. The van der Waals surface area contributed by atoms with E-state index in [0.717, 1.165) is 29.8 Å². The van der Waals surface area contributed by atoms with Crippen molar-refractivity contribution in [3.8, 4) is 11.5 Å². The van der Waals surface area contributed by atoms with Gasteiger partial charge in [-0.25, -0.2) is 4.79 Å². The lowest BCUT2D eigenvalue weighted by molar-refractivity contribution is -0.134. The predicted octanol–water partition coefficient (Wildman–Crippen LogP) is 1.36. The van der Waals surface area contributed by atoms with Gasteiger partial charge in [-0.3, -0.25) is 0 Å². The highest BCUT2D eigenvalue weighted by Gasteiger charge is 2.18. The molecule has 0 saturated heterocycles. The summed E-state index contributed by atoms with van der Waals surface area (Å²) in [5, 5.41) is 3.19. The van der Waals surface area contributed by atoms with Gasteiger partial charge in [0.15, 0.2) is 11.5 Å². The monoisotopic (exact) mass is 263 g/mol. The van der Waals surface area contributed by atoms with Gasteiger partial charge in [-0.2, -0.15) is 0 Å². The molecular formula is C14H17NO4. The molecule has 0 radical (unpaired) electrons. The van der Waals surface area contributed by atoms with Crippen LogP contribution in [-0.2, 0) is 16.0 Å². The predicted molar refractivity (Wildman–Crippen MR) is 71.2 cm³/mol. The molecule has 0 atom stereocenters. The Morgan fingerprint density at radius 3 is 2.53 bits per heavy atom. The molecule has 1 N–H and O–H groups in total. The van der Waals surface area contributed by atoms with E-state index in [1.165, 1.54) is 13.2 Å². The van der Waals surface area contributed by atoms with Gasteiger partial charge in [-0.1, -0.05) is 0 Å². The van der Waals surface area contributed by atoms with Crippen molar-refractivity contribution in [1.82, 2.24) is 5.32 Å². The van der Waals surface area contributed by atoms with Crippen LogP contribution in [0, 0.1) is 0 Å². The summed E-state index contributed by atoms with van der Waals surface area (Å²) < 4.78 is 15.2. The number of hydrogen-bond acceptors (Lipinski definition) is 5. The van der Waals surface area contributed by atoms with Gasteiger partial charge in [-0.15, -0.1) is 0 Å². The number of hydrogen-bond donors (Lipinski definition) is 1. The topological polar surface area (TPSA) is 56.8 Å². The molecule has 0 aliphatic carbocycles. The van der Waals surface area contributed by atoms with Crippen molar-refractivity contribution in [3.05, 3.63) is 29.3 Å². The molecule has 0 unspecified atom stereocenters. The Balaban J connectivity index is 2.49. The fourth-order valence-electron chi connectivity index (χ4n) is 2.11.